The molecule has 136 valence electrons. The van der Waals surface area contributed by atoms with Crippen LogP contribution in [0.3, 0.4) is 0 Å². The van der Waals surface area contributed by atoms with E-state index in [2.05, 4.69) is 10.3 Å². The second-order valence-electron chi connectivity index (χ2n) is 6.38. The molecule has 0 spiro atoms. The number of nitrogens with one attached hydrogen (secondary N) is 2. The quantitative estimate of drug-likeness (QED) is 0.632. The molecule has 0 saturated carbocycles. The first-order chi connectivity index (χ1) is 12.5. The third-order valence-corrected chi connectivity index (χ3v) is 4.36. The summed E-state index contributed by atoms with van der Waals surface area (Å²) in [6.07, 6.45) is 0.682. The van der Waals surface area contributed by atoms with E-state index in [1.54, 1.807) is 18.2 Å². The van der Waals surface area contributed by atoms with Gasteiger partial charge in [0.2, 0.25) is 5.91 Å². The zero-order chi connectivity index (χ0) is 18.7. The van der Waals surface area contributed by atoms with E-state index >= 15 is 0 Å². The van der Waals surface area contributed by atoms with Crippen LogP contribution in [-0.2, 0) is 11.2 Å². The molecule has 0 radical (unpaired) electrons. The zero-order valence-corrected chi connectivity index (χ0v) is 14.5. The predicted molar refractivity (Wildman–Crippen MR) is 98.6 cm³/mol. The van der Waals surface area contributed by atoms with Gasteiger partial charge in [0.05, 0.1) is 0 Å². The van der Waals surface area contributed by atoms with Crippen molar-refractivity contribution in [3.05, 3.63) is 59.7 Å². The molecule has 4 nitrogen and oxygen atoms in total. The summed E-state index contributed by atoms with van der Waals surface area (Å²) < 4.78 is 27.0. The van der Waals surface area contributed by atoms with Crippen LogP contribution in [0.1, 0.15) is 18.9 Å². The first-order valence-corrected chi connectivity index (χ1v) is 8.53. The van der Waals surface area contributed by atoms with Crippen molar-refractivity contribution < 1.29 is 13.6 Å². The summed E-state index contributed by atoms with van der Waals surface area (Å²) in [6.45, 7) is 2.20. The van der Waals surface area contributed by atoms with Crippen molar-refractivity contribution in [2.75, 3.05) is 6.54 Å². The van der Waals surface area contributed by atoms with Gasteiger partial charge in [-0.1, -0.05) is 0 Å². The summed E-state index contributed by atoms with van der Waals surface area (Å²) in [5, 5.41) is 3.55. The topological polar surface area (TPSA) is 70.9 Å². The molecule has 3 aromatic rings. The molecular formula is C20H21F2N3O. The van der Waals surface area contributed by atoms with Gasteiger partial charge in [0.1, 0.15) is 11.6 Å². The van der Waals surface area contributed by atoms with Crippen LogP contribution in [0.4, 0.5) is 8.78 Å². The summed E-state index contributed by atoms with van der Waals surface area (Å²) in [7, 11) is 0. The highest BCUT2D eigenvalue weighted by Gasteiger charge is 2.16. The van der Waals surface area contributed by atoms with Gasteiger partial charge in [-0.15, -0.1) is 0 Å². The molecule has 26 heavy (non-hydrogen) atoms. The number of fused-ring (bicyclic) bond motifs is 1. The number of H-pyrrole nitrogens is 1. The molecule has 1 amide bonds. The van der Waals surface area contributed by atoms with Crippen LogP contribution in [0.2, 0.25) is 0 Å². The average molecular weight is 357 g/mol. The van der Waals surface area contributed by atoms with Crippen LogP contribution in [0.5, 0.6) is 0 Å². The van der Waals surface area contributed by atoms with Gasteiger partial charge >= 0.3 is 0 Å². The molecule has 0 aliphatic carbocycles. The molecule has 0 aliphatic rings. The molecule has 1 atom stereocenters. The first kappa shape index (κ1) is 18.1. The van der Waals surface area contributed by atoms with E-state index in [0.717, 1.165) is 27.7 Å². The largest absolute Gasteiger partial charge is 0.354 e. The molecule has 2 aromatic carbocycles. The smallest absolute Gasteiger partial charge is 0.220 e. The van der Waals surface area contributed by atoms with Crippen molar-refractivity contribution >= 4 is 16.8 Å². The molecule has 0 bridgehead atoms. The number of nitrogens with two attached hydrogens (primary N) is 1. The third kappa shape index (κ3) is 3.91. The van der Waals surface area contributed by atoms with Gasteiger partial charge in [0.25, 0.3) is 0 Å². The van der Waals surface area contributed by atoms with E-state index in [-0.39, 0.29) is 30.0 Å². The summed E-state index contributed by atoms with van der Waals surface area (Å²) >= 11 is 0. The van der Waals surface area contributed by atoms with Gasteiger partial charge in [-0.25, -0.2) is 8.78 Å². The fourth-order valence-corrected chi connectivity index (χ4v) is 2.99. The molecule has 0 aliphatic heterocycles. The number of benzene rings is 2. The monoisotopic (exact) mass is 357 g/mol. The molecular weight excluding hydrogens is 336 g/mol. The van der Waals surface area contributed by atoms with Crippen molar-refractivity contribution in [1.82, 2.24) is 10.3 Å². The summed E-state index contributed by atoms with van der Waals surface area (Å²) in [6, 6.07) is 10.5. The second-order valence-corrected chi connectivity index (χ2v) is 6.38. The van der Waals surface area contributed by atoms with Crippen LogP contribution < -0.4 is 11.1 Å². The normalized spacial score (nSPS) is 12.3. The number of hydrogen-bond donors (Lipinski definition) is 3. The predicted octanol–water partition coefficient (Wildman–Crippen LogP) is 3.51. The van der Waals surface area contributed by atoms with Gasteiger partial charge in [0.15, 0.2) is 0 Å². The number of carbonyl (C=O) groups excluding carboxylic acids is 1. The Hall–Kier alpha value is -2.73. The zero-order valence-electron chi connectivity index (χ0n) is 14.5. The lowest BCUT2D eigenvalue weighted by Crippen LogP contribution is -2.37. The first-order valence-electron chi connectivity index (χ1n) is 8.53. The fourth-order valence-electron chi connectivity index (χ4n) is 2.99. The number of rotatable bonds is 6. The van der Waals surface area contributed by atoms with E-state index in [0.29, 0.717) is 13.0 Å². The van der Waals surface area contributed by atoms with Gasteiger partial charge in [-0.05, 0) is 66.9 Å². The Morgan fingerprint density at radius 2 is 1.85 bits per heavy atom. The standard InChI is InChI=1S/C20H21F2N3O/c1-12(11-23)24-19(26)9-7-16-17-10-15(22)6-8-18(17)25-20(16)13-2-4-14(21)5-3-13/h2-6,8,10,12,25H,7,9,11,23H2,1H3,(H,24,26). The molecule has 1 heterocycles. The highest BCUT2D eigenvalue weighted by molar-refractivity contribution is 5.91. The molecule has 1 aromatic heterocycles. The van der Waals surface area contributed by atoms with Gasteiger partial charge in [-0.2, -0.15) is 0 Å². The molecule has 0 saturated heterocycles. The Labute approximate surface area is 150 Å². The van der Waals surface area contributed by atoms with Crippen molar-refractivity contribution in [3.63, 3.8) is 0 Å². The highest BCUT2D eigenvalue weighted by atomic mass is 19.1. The van der Waals surface area contributed by atoms with Crippen molar-refractivity contribution in [1.29, 1.82) is 0 Å². The van der Waals surface area contributed by atoms with E-state index in [1.165, 1.54) is 24.3 Å². The average Bonchev–Trinajstić information content (AvgIpc) is 2.98. The number of aromatic nitrogens is 1. The number of aryl methyl sites for hydroxylation is 1. The lowest BCUT2D eigenvalue weighted by atomic mass is 10.0. The summed E-state index contributed by atoms with van der Waals surface area (Å²) in [5.74, 6) is -0.782. The molecule has 6 heteroatoms. The Kier molecular flexibility index (Phi) is 5.32. The Balaban J connectivity index is 1.95. The summed E-state index contributed by atoms with van der Waals surface area (Å²) in [4.78, 5) is 15.4. The maximum absolute atomic E-state index is 13.7. The van der Waals surface area contributed by atoms with E-state index < -0.39 is 0 Å². The van der Waals surface area contributed by atoms with Crippen molar-refractivity contribution in [2.24, 2.45) is 5.73 Å². The number of aromatic amines is 1. The number of halogens is 2. The Morgan fingerprint density at radius 1 is 1.15 bits per heavy atom. The van der Waals surface area contributed by atoms with Crippen molar-refractivity contribution in [2.45, 2.75) is 25.8 Å². The summed E-state index contributed by atoms with van der Waals surface area (Å²) in [5.41, 5.74) is 8.69. The molecule has 0 fully saturated rings. The Bertz CT molecular complexity index is 919. The van der Waals surface area contributed by atoms with Gasteiger partial charge < -0.3 is 16.0 Å². The van der Waals surface area contributed by atoms with Crippen LogP contribution in [0.25, 0.3) is 22.2 Å². The van der Waals surface area contributed by atoms with Crippen LogP contribution in [-0.4, -0.2) is 23.5 Å². The van der Waals surface area contributed by atoms with Gasteiger partial charge in [-0.3, -0.25) is 4.79 Å². The molecule has 3 rings (SSSR count). The highest BCUT2D eigenvalue weighted by Crippen LogP contribution is 2.32. The minimum atomic E-state index is -0.343. The minimum Gasteiger partial charge on any atom is -0.354 e. The second kappa shape index (κ2) is 7.66. The number of amides is 1. The van der Waals surface area contributed by atoms with Crippen LogP contribution >= 0.6 is 0 Å². The fraction of sp³-hybridized carbons (Fsp3) is 0.250. The van der Waals surface area contributed by atoms with Crippen molar-refractivity contribution in [3.8, 4) is 11.3 Å². The van der Waals surface area contributed by atoms with E-state index in [9.17, 15) is 13.6 Å². The van der Waals surface area contributed by atoms with Gasteiger partial charge in [0, 0.05) is 35.6 Å². The molecule has 1 unspecified atom stereocenters. The lowest BCUT2D eigenvalue weighted by molar-refractivity contribution is -0.121. The number of carbonyl (C=O) groups is 1. The maximum atomic E-state index is 13.7. The number of hydrogen-bond acceptors (Lipinski definition) is 2. The third-order valence-electron chi connectivity index (χ3n) is 4.36. The lowest BCUT2D eigenvalue weighted by Gasteiger charge is -2.11. The van der Waals surface area contributed by atoms with Crippen LogP contribution in [0, 0.1) is 11.6 Å². The minimum absolute atomic E-state index is 0.0977. The van der Waals surface area contributed by atoms with Crippen LogP contribution in [0.15, 0.2) is 42.5 Å². The Morgan fingerprint density at radius 3 is 2.54 bits per heavy atom. The van der Waals surface area contributed by atoms with E-state index in [1.807, 2.05) is 6.92 Å². The van der Waals surface area contributed by atoms with E-state index in [4.69, 9.17) is 5.73 Å². The SMILES string of the molecule is CC(CN)NC(=O)CCc1c(-c2ccc(F)cc2)[nH]c2ccc(F)cc12. The maximum Gasteiger partial charge on any atom is 0.220 e. The molecule has 4 N–H and O–H groups in total.